The molecule has 0 amide bonds. The van der Waals surface area contributed by atoms with E-state index < -0.39 is 0 Å². The number of H-pyrrole nitrogens is 1. The van der Waals surface area contributed by atoms with Crippen molar-refractivity contribution in [3.05, 3.63) is 58.0 Å². The van der Waals surface area contributed by atoms with Gasteiger partial charge < -0.3 is 0 Å². The van der Waals surface area contributed by atoms with Crippen molar-refractivity contribution in [1.82, 2.24) is 9.78 Å². The lowest BCUT2D eigenvalue weighted by molar-refractivity contribution is 0.835. The van der Waals surface area contributed by atoms with E-state index in [1.54, 1.807) is 16.4 Å². The van der Waals surface area contributed by atoms with Crippen LogP contribution in [0.3, 0.4) is 0 Å². The van der Waals surface area contributed by atoms with Gasteiger partial charge in [0.15, 0.2) is 0 Å². The average molecular weight is 288 g/mol. The van der Waals surface area contributed by atoms with Crippen molar-refractivity contribution >= 4 is 16.7 Å². The van der Waals surface area contributed by atoms with Crippen LogP contribution >= 0.6 is 11.8 Å². The van der Waals surface area contributed by atoms with Crippen LogP contribution in [0.2, 0.25) is 0 Å². The Labute approximate surface area is 123 Å². The number of thioether (sulfide) groups is 1. The molecular formula is C16H20N2OS. The van der Waals surface area contributed by atoms with Crippen LogP contribution in [0.25, 0.3) is 10.6 Å². The number of nitrogens with one attached hydrogen (secondary N) is 1. The molecule has 0 radical (unpaired) electrons. The number of rotatable bonds is 5. The van der Waals surface area contributed by atoms with Crippen molar-refractivity contribution in [1.29, 1.82) is 0 Å². The molecule has 0 bridgehead atoms. The molecule has 2 aromatic rings. The van der Waals surface area contributed by atoms with Crippen molar-refractivity contribution < 1.29 is 0 Å². The van der Waals surface area contributed by atoms with E-state index in [9.17, 15) is 4.79 Å². The van der Waals surface area contributed by atoms with E-state index in [1.165, 1.54) is 5.56 Å². The van der Waals surface area contributed by atoms with Gasteiger partial charge in [0, 0.05) is 10.6 Å². The second-order valence-corrected chi connectivity index (χ2v) is 6.05. The maximum Gasteiger partial charge on any atom is 0.279 e. The predicted octanol–water partition coefficient (Wildman–Crippen LogP) is 3.90. The Morgan fingerprint density at radius 2 is 1.95 bits per heavy atom. The lowest BCUT2D eigenvalue weighted by Gasteiger charge is -2.02. The number of hydrogen-bond donors (Lipinski definition) is 1. The molecule has 0 unspecified atom stereocenters. The highest BCUT2D eigenvalue weighted by atomic mass is 32.2. The van der Waals surface area contributed by atoms with Gasteiger partial charge in [-0.2, -0.15) is 0 Å². The zero-order valence-corrected chi connectivity index (χ0v) is 13.0. The molecule has 0 aliphatic heterocycles. The van der Waals surface area contributed by atoms with Gasteiger partial charge in [-0.05, 0) is 38.2 Å². The standard InChI is InChI=1S/C16H20N2OS/c1-5-10-20-13(4)15-12(3)17-18(16(15)19)14-8-6-11(2)7-9-14/h6-9,17H,4-5,10H2,1-3H3. The molecule has 1 heterocycles. The fraction of sp³-hybridized carbons (Fsp3) is 0.312. The summed E-state index contributed by atoms with van der Waals surface area (Å²) >= 11 is 1.64. The number of hydrogen-bond acceptors (Lipinski definition) is 2. The quantitative estimate of drug-likeness (QED) is 0.906. The molecule has 3 nitrogen and oxygen atoms in total. The van der Waals surface area contributed by atoms with E-state index in [-0.39, 0.29) is 5.56 Å². The van der Waals surface area contributed by atoms with Crippen LogP contribution in [-0.4, -0.2) is 15.5 Å². The van der Waals surface area contributed by atoms with E-state index in [2.05, 4.69) is 18.6 Å². The number of aromatic amines is 1. The molecule has 0 fully saturated rings. The van der Waals surface area contributed by atoms with Crippen LogP contribution < -0.4 is 5.56 Å². The average Bonchev–Trinajstić information content (AvgIpc) is 2.72. The Morgan fingerprint density at radius 3 is 2.55 bits per heavy atom. The summed E-state index contributed by atoms with van der Waals surface area (Å²) in [6.45, 7) is 10.1. The maximum atomic E-state index is 12.5. The molecule has 0 spiro atoms. The largest absolute Gasteiger partial charge is 0.295 e. The summed E-state index contributed by atoms with van der Waals surface area (Å²) < 4.78 is 1.59. The van der Waals surface area contributed by atoms with Gasteiger partial charge in [-0.1, -0.05) is 31.2 Å². The first kappa shape index (κ1) is 14.7. The van der Waals surface area contributed by atoms with Crippen LogP contribution in [0.1, 0.15) is 30.2 Å². The Kier molecular flexibility index (Phi) is 4.55. The lowest BCUT2D eigenvalue weighted by Crippen LogP contribution is -2.16. The molecule has 0 aliphatic carbocycles. The van der Waals surface area contributed by atoms with Crippen molar-refractivity contribution in [2.75, 3.05) is 5.75 Å². The SMILES string of the molecule is C=C(SCCC)c1c(C)[nH]n(-c2ccc(C)cc2)c1=O. The van der Waals surface area contributed by atoms with Crippen molar-refractivity contribution in [3.8, 4) is 5.69 Å². The highest BCUT2D eigenvalue weighted by Crippen LogP contribution is 2.25. The number of nitrogens with zero attached hydrogens (tertiary/aromatic N) is 1. The summed E-state index contributed by atoms with van der Waals surface area (Å²) in [5.74, 6) is 0.980. The van der Waals surface area contributed by atoms with Crippen LogP contribution in [0.5, 0.6) is 0 Å². The minimum Gasteiger partial charge on any atom is -0.295 e. The third kappa shape index (κ3) is 2.90. The van der Waals surface area contributed by atoms with E-state index in [1.807, 2.05) is 38.1 Å². The van der Waals surface area contributed by atoms with Gasteiger partial charge in [-0.3, -0.25) is 9.89 Å². The summed E-state index contributed by atoms with van der Waals surface area (Å²) in [5.41, 5.74) is 3.56. The Bertz CT molecular complexity index is 665. The molecule has 1 aromatic heterocycles. The van der Waals surface area contributed by atoms with Gasteiger partial charge in [0.25, 0.3) is 5.56 Å². The van der Waals surface area contributed by atoms with Gasteiger partial charge in [0.1, 0.15) is 0 Å². The van der Waals surface area contributed by atoms with Gasteiger partial charge in [0.2, 0.25) is 0 Å². The molecule has 0 saturated carbocycles. The second kappa shape index (κ2) is 6.18. The van der Waals surface area contributed by atoms with Gasteiger partial charge in [0.05, 0.1) is 11.3 Å². The van der Waals surface area contributed by atoms with Crippen LogP contribution in [0.15, 0.2) is 35.6 Å². The molecule has 1 aromatic carbocycles. The van der Waals surface area contributed by atoms with Gasteiger partial charge in [-0.15, -0.1) is 11.8 Å². The number of benzene rings is 1. The molecule has 0 saturated heterocycles. The predicted molar refractivity (Wildman–Crippen MR) is 87.6 cm³/mol. The molecule has 1 N–H and O–H groups in total. The van der Waals surface area contributed by atoms with E-state index in [0.717, 1.165) is 28.5 Å². The summed E-state index contributed by atoms with van der Waals surface area (Å²) in [6.07, 6.45) is 1.07. The van der Waals surface area contributed by atoms with E-state index in [0.29, 0.717) is 5.56 Å². The zero-order chi connectivity index (χ0) is 14.7. The molecular weight excluding hydrogens is 268 g/mol. The smallest absolute Gasteiger partial charge is 0.279 e. The zero-order valence-electron chi connectivity index (χ0n) is 12.2. The van der Waals surface area contributed by atoms with Gasteiger partial charge >= 0.3 is 0 Å². The fourth-order valence-electron chi connectivity index (χ4n) is 2.05. The minimum absolute atomic E-state index is 0.0278. The van der Waals surface area contributed by atoms with Crippen molar-refractivity contribution in [2.24, 2.45) is 0 Å². The summed E-state index contributed by atoms with van der Waals surface area (Å²) in [7, 11) is 0. The highest BCUT2D eigenvalue weighted by Gasteiger charge is 2.15. The topological polar surface area (TPSA) is 37.8 Å². The highest BCUT2D eigenvalue weighted by molar-refractivity contribution is 8.08. The second-order valence-electron chi connectivity index (χ2n) is 4.86. The summed E-state index contributed by atoms with van der Waals surface area (Å²) in [5, 5.41) is 3.14. The van der Waals surface area contributed by atoms with Crippen molar-refractivity contribution in [3.63, 3.8) is 0 Å². The van der Waals surface area contributed by atoms with E-state index >= 15 is 0 Å². The summed E-state index contributed by atoms with van der Waals surface area (Å²) in [6, 6.07) is 7.88. The van der Waals surface area contributed by atoms with Crippen LogP contribution in [0.4, 0.5) is 0 Å². The lowest BCUT2D eigenvalue weighted by atomic mass is 10.2. The number of aryl methyl sites for hydroxylation is 2. The number of aromatic nitrogens is 2. The third-order valence-electron chi connectivity index (χ3n) is 3.12. The molecule has 2 rings (SSSR count). The molecule has 4 heteroatoms. The first-order chi connectivity index (χ1) is 9.54. The van der Waals surface area contributed by atoms with Crippen LogP contribution in [0, 0.1) is 13.8 Å². The monoisotopic (exact) mass is 288 g/mol. The normalized spacial score (nSPS) is 10.8. The maximum absolute atomic E-state index is 12.5. The van der Waals surface area contributed by atoms with Crippen molar-refractivity contribution in [2.45, 2.75) is 27.2 Å². The van der Waals surface area contributed by atoms with E-state index in [4.69, 9.17) is 0 Å². The fourth-order valence-corrected chi connectivity index (χ4v) is 2.88. The third-order valence-corrected chi connectivity index (χ3v) is 4.29. The molecule has 20 heavy (non-hydrogen) atoms. The first-order valence-electron chi connectivity index (χ1n) is 6.75. The Balaban J connectivity index is 2.41. The van der Waals surface area contributed by atoms with Crippen LogP contribution in [-0.2, 0) is 0 Å². The van der Waals surface area contributed by atoms with Gasteiger partial charge in [-0.25, -0.2) is 4.68 Å². The first-order valence-corrected chi connectivity index (χ1v) is 7.74. The molecule has 106 valence electrons. The molecule has 0 atom stereocenters. The Morgan fingerprint density at radius 1 is 1.30 bits per heavy atom. The minimum atomic E-state index is -0.0278. The summed E-state index contributed by atoms with van der Waals surface area (Å²) in [4.78, 5) is 13.4. The Hall–Kier alpha value is -1.68. The molecule has 0 aliphatic rings.